The molecule has 0 N–H and O–H groups in total. The number of hydrogen-bond acceptors (Lipinski definition) is 2. The Balaban J connectivity index is 0.00000132. The van der Waals surface area contributed by atoms with Gasteiger partial charge in [-0.1, -0.05) is 64.1 Å². The molecule has 0 amide bonds. The molecule has 0 unspecified atom stereocenters. The molecule has 29 heavy (non-hydrogen) atoms. The fraction of sp³-hybridized carbons (Fsp3) is 0.417. The zero-order valence-corrected chi connectivity index (χ0v) is 23.3. The Morgan fingerprint density at radius 1 is 0.655 bits per heavy atom. The molecule has 0 radical (unpaired) electrons. The number of aryl methyl sites for hydroxylation is 4. The average molecular weight is 615 g/mol. The Morgan fingerprint density at radius 2 is 0.897 bits per heavy atom. The third-order valence-corrected chi connectivity index (χ3v) is 4.70. The van der Waals surface area contributed by atoms with E-state index in [0.717, 1.165) is 22.8 Å². The van der Waals surface area contributed by atoms with E-state index in [9.17, 15) is 0 Å². The monoisotopic (exact) mass is 612 g/mol. The summed E-state index contributed by atoms with van der Waals surface area (Å²) < 4.78 is 0. The summed E-state index contributed by atoms with van der Waals surface area (Å²) in [6.45, 7) is 17.3. The number of aliphatic imine (C=N–C) groups is 2. The second kappa shape index (κ2) is 13.0. The molecule has 2 aromatic rings. The van der Waals surface area contributed by atoms with Crippen LogP contribution in [0, 0.1) is 39.5 Å². The Bertz CT molecular complexity index is 759. The van der Waals surface area contributed by atoms with Crippen LogP contribution < -0.4 is 0 Å². The number of hydrogen-bond donors (Lipinski definition) is 0. The third kappa shape index (κ3) is 7.87. The Labute approximate surface area is 198 Å². The van der Waals surface area contributed by atoms with Gasteiger partial charge in [-0.05, 0) is 61.8 Å². The van der Waals surface area contributed by atoms with E-state index in [1.165, 1.54) is 22.3 Å². The second-order valence-corrected chi connectivity index (χ2v) is 15.0. The minimum absolute atomic E-state index is 0.305. The maximum atomic E-state index is 5.12. The quantitative estimate of drug-likeness (QED) is 0.238. The third-order valence-electron chi connectivity index (χ3n) is 4.70. The Hall–Kier alpha value is -0.598. The molecule has 0 aliphatic rings. The van der Waals surface area contributed by atoms with Gasteiger partial charge < -0.3 is 0 Å². The van der Waals surface area contributed by atoms with Crippen LogP contribution in [0.1, 0.15) is 49.9 Å². The van der Waals surface area contributed by atoms with Crippen molar-refractivity contribution in [3.8, 4) is 0 Å². The second-order valence-electron chi connectivity index (χ2n) is 7.83. The summed E-state index contributed by atoms with van der Waals surface area (Å²) in [6, 6.07) is 12.7. The molecule has 0 aromatic heterocycles. The van der Waals surface area contributed by atoms with Crippen LogP contribution in [-0.4, -0.2) is 11.4 Å². The van der Waals surface area contributed by atoms with Crippen molar-refractivity contribution >= 4 is 49.7 Å². The fourth-order valence-electron chi connectivity index (χ4n) is 3.17. The number of nitrogens with zero attached hydrogens (tertiary/aromatic N) is 2. The molecule has 0 saturated carbocycles. The van der Waals surface area contributed by atoms with Crippen molar-refractivity contribution in [1.29, 1.82) is 0 Å². The molecule has 162 valence electrons. The predicted molar refractivity (Wildman–Crippen MR) is 134 cm³/mol. The molecular weight excluding hydrogens is 583 g/mol. The molecule has 0 aliphatic carbocycles. The van der Waals surface area contributed by atoms with Gasteiger partial charge in [-0.25, -0.2) is 0 Å². The van der Waals surface area contributed by atoms with Crippen molar-refractivity contribution in [2.75, 3.05) is 0 Å². The van der Waals surface area contributed by atoms with Gasteiger partial charge in [0.15, 0.2) is 0 Å². The SMILES string of the molecule is Cc1cccc(C)c1N=C(C(=Nc1c(C)cccc1C)C(C)C)C(C)C.[Br][Pd][Br]. The van der Waals surface area contributed by atoms with Gasteiger partial charge in [-0.2, -0.15) is 0 Å². The number of benzene rings is 2. The van der Waals surface area contributed by atoms with Crippen LogP contribution in [0.3, 0.4) is 0 Å². The topological polar surface area (TPSA) is 24.7 Å². The molecule has 0 atom stereocenters. The first-order valence-corrected chi connectivity index (χ1v) is 16.9. The fourth-order valence-corrected chi connectivity index (χ4v) is 3.17. The van der Waals surface area contributed by atoms with E-state index in [2.05, 4.69) is 119 Å². The number of halogens is 2. The Kier molecular flexibility index (Phi) is 11.8. The van der Waals surface area contributed by atoms with E-state index < -0.39 is 0 Å². The molecule has 0 spiro atoms. The molecule has 0 heterocycles. The summed E-state index contributed by atoms with van der Waals surface area (Å²) in [5.74, 6) is 0.610. The first-order chi connectivity index (χ1) is 13.6. The van der Waals surface area contributed by atoms with Crippen molar-refractivity contribution in [1.82, 2.24) is 0 Å². The van der Waals surface area contributed by atoms with Crippen molar-refractivity contribution < 1.29 is 13.9 Å². The summed E-state index contributed by atoms with van der Waals surface area (Å²) >= 11 is 6.80. The van der Waals surface area contributed by atoms with Gasteiger partial charge in [0.2, 0.25) is 0 Å². The number of rotatable bonds is 5. The maximum absolute atomic E-state index is 5.12. The van der Waals surface area contributed by atoms with Gasteiger partial charge in [0.25, 0.3) is 0 Å². The van der Waals surface area contributed by atoms with E-state index in [1.807, 2.05) is 0 Å². The predicted octanol–water partition coefficient (Wildman–Crippen LogP) is 8.77. The van der Waals surface area contributed by atoms with Gasteiger partial charge in [-0.15, -0.1) is 0 Å². The summed E-state index contributed by atoms with van der Waals surface area (Å²) in [5, 5.41) is 0. The van der Waals surface area contributed by atoms with Crippen LogP contribution in [-0.2, 0) is 13.9 Å². The van der Waals surface area contributed by atoms with Gasteiger partial charge in [0.1, 0.15) is 0 Å². The van der Waals surface area contributed by atoms with Gasteiger partial charge >= 0.3 is 40.8 Å². The van der Waals surface area contributed by atoms with E-state index in [0.29, 0.717) is 25.8 Å². The molecule has 0 bridgehead atoms. The summed E-state index contributed by atoms with van der Waals surface area (Å²) in [4.78, 5) is 10.2. The van der Waals surface area contributed by atoms with Crippen molar-refractivity contribution in [3.63, 3.8) is 0 Å². The van der Waals surface area contributed by atoms with Crippen molar-refractivity contribution in [2.24, 2.45) is 21.8 Å². The van der Waals surface area contributed by atoms with Crippen LogP contribution in [0.25, 0.3) is 0 Å². The first-order valence-electron chi connectivity index (χ1n) is 9.76. The summed E-state index contributed by atoms with van der Waals surface area (Å²) in [7, 11) is 0. The average Bonchev–Trinajstić information content (AvgIpc) is 2.62. The van der Waals surface area contributed by atoms with E-state index in [4.69, 9.17) is 9.98 Å². The summed E-state index contributed by atoms with van der Waals surface area (Å²) in [6.07, 6.45) is 0. The molecule has 0 aliphatic heterocycles. The van der Waals surface area contributed by atoms with Crippen LogP contribution in [0.5, 0.6) is 0 Å². The minimum atomic E-state index is 0.305. The zero-order valence-electron chi connectivity index (χ0n) is 18.6. The molecule has 2 nitrogen and oxygen atoms in total. The van der Waals surface area contributed by atoms with Gasteiger partial charge in [-0.3, -0.25) is 9.98 Å². The Morgan fingerprint density at radius 3 is 1.10 bits per heavy atom. The van der Waals surface area contributed by atoms with Crippen LogP contribution >= 0.6 is 26.9 Å². The van der Waals surface area contributed by atoms with Crippen molar-refractivity contribution in [3.05, 3.63) is 58.7 Å². The standard InChI is InChI=1S/C24H32N2.2BrH.Pd/c1-15(2)21(25-23-17(5)11-9-12-18(23)6)22(16(3)4)26-24-19(7)13-10-14-20(24)8;;;/h9-16H,1-8H3;2*1H;/q;;;+2/p-2. The van der Waals surface area contributed by atoms with Crippen LogP contribution in [0.4, 0.5) is 11.4 Å². The van der Waals surface area contributed by atoms with Crippen LogP contribution in [0.15, 0.2) is 46.4 Å². The van der Waals surface area contributed by atoms with E-state index in [-0.39, 0.29) is 0 Å². The van der Waals surface area contributed by atoms with Crippen molar-refractivity contribution in [2.45, 2.75) is 55.4 Å². The first kappa shape index (κ1) is 26.4. The van der Waals surface area contributed by atoms with Crippen LogP contribution in [0.2, 0.25) is 0 Å². The van der Waals surface area contributed by atoms with E-state index >= 15 is 0 Å². The van der Waals surface area contributed by atoms with E-state index in [1.54, 1.807) is 0 Å². The molecular formula is C24H32Br2N2Pd. The molecule has 0 fully saturated rings. The molecule has 5 heteroatoms. The molecule has 0 saturated heterocycles. The van der Waals surface area contributed by atoms with Gasteiger partial charge in [0, 0.05) is 0 Å². The van der Waals surface area contributed by atoms with Gasteiger partial charge in [0.05, 0.1) is 22.8 Å². The normalized spacial score (nSPS) is 12.4. The molecule has 2 rings (SSSR count). The summed E-state index contributed by atoms with van der Waals surface area (Å²) in [5.41, 5.74) is 9.14. The number of para-hydroxylation sites is 2. The molecule has 2 aromatic carbocycles. The zero-order chi connectivity index (χ0) is 22.1.